The molecule has 7 heterocycles. The van der Waals surface area contributed by atoms with Gasteiger partial charge < -0.3 is 36.1 Å². The number of methoxy groups -OCH3 is 1. The van der Waals surface area contributed by atoms with Crippen molar-refractivity contribution in [1.29, 1.82) is 0 Å². The highest BCUT2D eigenvalue weighted by Gasteiger charge is 2.25. The lowest BCUT2D eigenvalue weighted by molar-refractivity contribution is -0.142. The largest absolute Gasteiger partial charge is 0.480 e. The molecule has 1 amide bonds. The minimum Gasteiger partial charge on any atom is -0.480 e. The number of pyridine rings is 2. The minimum absolute atomic E-state index is 0.229. The number of fused-ring (bicyclic) bond motifs is 2. The molecule has 0 spiro atoms. The summed E-state index contributed by atoms with van der Waals surface area (Å²) in [5.74, 6) is 0.549. The molecule has 5 aromatic heterocycles. The van der Waals surface area contributed by atoms with Crippen molar-refractivity contribution in [1.82, 2.24) is 20.4 Å². The van der Waals surface area contributed by atoms with Crippen LogP contribution in [-0.2, 0) is 65.7 Å². The third kappa shape index (κ3) is 11.7. The number of anilines is 2. The molecule has 2 aliphatic rings. The number of hydrogen-bond donors (Lipinski definition) is 5. The quantitative estimate of drug-likeness (QED) is 0.0686. The van der Waals surface area contributed by atoms with Gasteiger partial charge in [-0.1, -0.05) is 17.3 Å². The third-order valence-corrected chi connectivity index (χ3v) is 12.6. The zero-order valence-electron chi connectivity index (χ0n) is 33.4. The Hall–Kier alpha value is -5.12. The maximum atomic E-state index is 12.5. The molecule has 0 bridgehead atoms. The molecule has 2 atom stereocenters. The summed E-state index contributed by atoms with van der Waals surface area (Å²) in [6.07, 6.45) is 11.1. The second-order valence-electron chi connectivity index (χ2n) is 14.7. The number of esters is 1. The van der Waals surface area contributed by atoms with E-state index < -0.39 is 24.0 Å². The molecule has 0 aromatic carbocycles. The van der Waals surface area contributed by atoms with E-state index in [0.717, 1.165) is 104 Å². The van der Waals surface area contributed by atoms with E-state index in [0.29, 0.717) is 23.4 Å². The summed E-state index contributed by atoms with van der Waals surface area (Å²) in [6.45, 7) is 5.29. The molecule has 6 N–H and O–H groups in total. The zero-order valence-corrected chi connectivity index (χ0v) is 35.0. The molecule has 0 saturated carbocycles. The van der Waals surface area contributed by atoms with Gasteiger partial charge >= 0.3 is 11.9 Å². The van der Waals surface area contributed by atoms with Crippen molar-refractivity contribution < 1.29 is 28.8 Å². The van der Waals surface area contributed by atoms with Gasteiger partial charge in [-0.05, 0) is 126 Å². The van der Waals surface area contributed by atoms with Crippen LogP contribution >= 0.6 is 22.7 Å². The molecule has 2 aliphatic heterocycles. The van der Waals surface area contributed by atoms with E-state index in [2.05, 4.69) is 62.2 Å². The fraction of sp³-hybridized carbons (Fsp3) is 0.442. The van der Waals surface area contributed by atoms with Crippen LogP contribution in [0.4, 0.5) is 11.6 Å². The third-order valence-electron chi connectivity index (χ3n) is 10.2. The van der Waals surface area contributed by atoms with E-state index in [9.17, 15) is 19.5 Å². The van der Waals surface area contributed by atoms with E-state index in [1.54, 1.807) is 36.5 Å². The van der Waals surface area contributed by atoms with Crippen molar-refractivity contribution in [3.8, 4) is 0 Å². The number of ether oxygens (including phenoxy) is 1. The van der Waals surface area contributed by atoms with Gasteiger partial charge in [-0.15, -0.1) is 22.7 Å². The Bertz CT molecular complexity index is 2160. The van der Waals surface area contributed by atoms with Crippen LogP contribution in [0.2, 0.25) is 0 Å². The summed E-state index contributed by atoms with van der Waals surface area (Å²) in [6, 6.07) is 15.2. The first-order chi connectivity index (χ1) is 28.1. The number of aryl methyl sites for hydroxylation is 8. The second-order valence-corrected chi connectivity index (χ2v) is 17.2. The molecule has 0 fully saturated rings. The van der Waals surface area contributed by atoms with Crippen molar-refractivity contribution in [2.45, 2.75) is 103 Å². The lowest BCUT2D eigenvalue weighted by Gasteiger charge is -2.17. The predicted octanol–water partition coefficient (Wildman–Crippen LogP) is 6.43. The van der Waals surface area contributed by atoms with Crippen LogP contribution < -0.4 is 21.7 Å². The molecular formula is C43H53N7O6S2. The van der Waals surface area contributed by atoms with Crippen LogP contribution in [0.15, 0.2) is 53.1 Å². The number of thiophene rings is 2. The number of nitrogens with two attached hydrogens (primary N) is 1. The maximum absolute atomic E-state index is 12.5. The average Bonchev–Trinajstić information content (AvgIpc) is 3.97. The molecule has 58 heavy (non-hydrogen) atoms. The van der Waals surface area contributed by atoms with Crippen molar-refractivity contribution >= 4 is 52.2 Å². The van der Waals surface area contributed by atoms with Crippen molar-refractivity contribution in [3.05, 3.63) is 108 Å². The lowest BCUT2D eigenvalue weighted by atomic mass is 10.1. The van der Waals surface area contributed by atoms with Gasteiger partial charge in [-0.3, -0.25) is 9.59 Å². The Kier molecular flexibility index (Phi) is 15.0. The Balaban J connectivity index is 0.000000203. The number of carboxylic acids is 1. The van der Waals surface area contributed by atoms with E-state index in [1.165, 1.54) is 34.4 Å². The van der Waals surface area contributed by atoms with Crippen LogP contribution in [0.5, 0.6) is 0 Å². The van der Waals surface area contributed by atoms with E-state index >= 15 is 0 Å². The van der Waals surface area contributed by atoms with Crippen LogP contribution in [-0.4, -0.2) is 70.4 Å². The van der Waals surface area contributed by atoms with E-state index in [1.807, 2.05) is 12.1 Å². The van der Waals surface area contributed by atoms with E-state index in [-0.39, 0.29) is 12.4 Å². The van der Waals surface area contributed by atoms with Crippen LogP contribution in [0.25, 0.3) is 0 Å². The Morgan fingerprint density at radius 2 is 1.34 bits per heavy atom. The fourth-order valence-corrected chi connectivity index (χ4v) is 9.35. The Morgan fingerprint density at radius 3 is 1.84 bits per heavy atom. The normalized spacial score (nSPS) is 14.1. The number of aliphatic carboxylic acids is 1. The van der Waals surface area contributed by atoms with Crippen LogP contribution in [0, 0.1) is 13.8 Å². The summed E-state index contributed by atoms with van der Waals surface area (Å²) < 4.78 is 9.69. The fourth-order valence-electron chi connectivity index (χ4n) is 7.13. The second kappa shape index (κ2) is 20.5. The number of aromatic nitrogens is 3. The minimum atomic E-state index is -1.07. The summed E-state index contributed by atoms with van der Waals surface area (Å²) in [4.78, 5) is 49.8. The van der Waals surface area contributed by atoms with Gasteiger partial charge in [-0.25, -0.2) is 14.8 Å². The first-order valence-corrected chi connectivity index (χ1v) is 21.6. The van der Waals surface area contributed by atoms with Crippen molar-refractivity contribution in [2.24, 2.45) is 5.73 Å². The molecule has 13 nitrogen and oxygen atoms in total. The van der Waals surface area contributed by atoms with Gasteiger partial charge in [0.2, 0.25) is 0 Å². The van der Waals surface area contributed by atoms with Gasteiger partial charge in [0, 0.05) is 56.8 Å². The SMILES string of the molecule is COC(=O)[C@@H](N)Cc1ccc(CCCc2ccc3c(n2)NCCC3)s1.Cc1noc(C)c1C(=O)N[C@@H](Cc1ccc(CCCc2ccc3c(n2)NCCC3)s1)C(=O)O. The molecular weight excluding hydrogens is 775 g/mol. The monoisotopic (exact) mass is 827 g/mol. The number of hydrogen-bond acceptors (Lipinski definition) is 13. The van der Waals surface area contributed by atoms with Crippen molar-refractivity contribution in [2.75, 3.05) is 30.8 Å². The zero-order chi connectivity index (χ0) is 41.0. The molecule has 308 valence electrons. The predicted molar refractivity (Wildman–Crippen MR) is 227 cm³/mol. The van der Waals surface area contributed by atoms with Gasteiger partial charge in [-0.2, -0.15) is 0 Å². The van der Waals surface area contributed by atoms with Crippen molar-refractivity contribution in [3.63, 3.8) is 0 Å². The van der Waals surface area contributed by atoms with Gasteiger partial charge in [0.1, 0.15) is 35.0 Å². The number of rotatable bonds is 16. The lowest BCUT2D eigenvalue weighted by Crippen LogP contribution is -2.42. The van der Waals surface area contributed by atoms with Gasteiger partial charge in [0.15, 0.2) is 0 Å². The number of nitrogens with zero attached hydrogens (tertiary/aromatic N) is 3. The highest BCUT2D eigenvalue weighted by Crippen LogP contribution is 2.25. The number of carbonyl (C=O) groups excluding carboxylic acids is 2. The summed E-state index contributed by atoms with van der Waals surface area (Å²) >= 11 is 3.32. The molecule has 5 aromatic rings. The first-order valence-electron chi connectivity index (χ1n) is 20.0. The number of nitrogens with one attached hydrogen (secondary N) is 3. The molecule has 0 unspecified atom stereocenters. The van der Waals surface area contributed by atoms with Crippen LogP contribution in [0.3, 0.4) is 0 Å². The van der Waals surface area contributed by atoms with Crippen LogP contribution in [0.1, 0.15) is 89.5 Å². The summed E-state index contributed by atoms with van der Waals surface area (Å²) in [5.41, 5.74) is 11.4. The van der Waals surface area contributed by atoms with Gasteiger partial charge in [0.05, 0.1) is 12.8 Å². The standard InChI is InChI=1S/C24H28N4O4S.C19H25N3O2S/c1-14-21(15(2)32-28-14)23(29)27-20(24(30)31)13-19-11-10-18(33-19)7-3-6-17-9-8-16-5-4-12-25-22(16)26-17;1-24-19(23)17(20)12-16-10-9-15(25-16)6-2-5-14-8-7-13-4-3-11-21-18(13)22-14/h8-11,20H,3-7,12-13H2,1-2H3,(H,25,26)(H,27,29)(H,30,31);7-10,17H,2-6,11-12,20H2,1H3,(H,21,22)/t20-;17-/m00/s1. The summed E-state index contributed by atoms with van der Waals surface area (Å²) in [5, 5.41) is 22.7. The highest BCUT2D eigenvalue weighted by molar-refractivity contribution is 7.12. The molecule has 0 radical (unpaired) electrons. The molecule has 0 saturated heterocycles. The summed E-state index contributed by atoms with van der Waals surface area (Å²) in [7, 11) is 1.37. The highest BCUT2D eigenvalue weighted by atomic mass is 32.1. The molecule has 0 aliphatic carbocycles. The Morgan fingerprint density at radius 1 is 0.810 bits per heavy atom. The number of carbonyl (C=O) groups is 3. The Labute approximate surface area is 347 Å². The first kappa shape index (κ1) is 42.5. The number of amides is 1. The van der Waals surface area contributed by atoms with Gasteiger partial charge in [0.25, 0.3) is 5.91 Å². The average molecular weight is 828 g/mol. The van der Waals surface area contributed by atoms with E-state index in [4.69, 9.17) is 20.2 Å². The number of carboxylic acid groups (broad SMARTS) is 1. The topological polar surface area (TPSA) is 195 Å². The molecule has 7 rings (SSSR count). The molecule has 15 heteroatoms. The maximum Gasteiger partial charge on any atom is 0.326 e. The smallest absolute Gasteiger partial charge is 0.326 e.